The summed E-state index contributed by atoms with van der Waals surface area (Å²) in [4.78, 5) is 0. The lowest BCUT2D eigenvalue weighted by atomic mass is 10.1. The maximum atomic E-state index is 12.8. The summed E-state index contributed by atoms with van der Waals surface area (Å²) in [6.45, 7) is 2.49. The number of hydrogen-bond donors (Lipinski definition) is 1. The van der Waals surface area contributed by atoms with Crippen LogP contribution in [0.3, 0.4) is 0 Å². The van der Waals surface area contributed by atoms with Crippen LogP contribution >= 0.6 is 11.6 Å². The summed E-state index contributed by atoms with van der Waals surface area (Å²) in [7, 11) is 1.68. The second-order valence-electron chi connectivity index (χ2n) is 3.58. The number of methoxy groups -OCH3 is 1. The third-order valence-corrected chi connectivity index (χ3v) is 2.65. The summed E-state index contributed by atoms with van der Waals surface area (Å²) in [5.41, 5.74) is 0.997. The van der Waals surface area contributed by atoms with Crippen molar-refractivity contribution in [3.05, 3.63) is 34.6 Å². The van der Waals surface area contributed by atoms with Crippen molar-refractivity contribution in [1.29, 1.82) is 0 Å². The van der Waals surface area contributed by atoms with Crippen LogP contribution in [0.25, 0.3) is 0 Å². The Labute approximate surface area is 101 Å². The molecule has 0 fully saturated rings. The molecule has 0 spiro atoms. The van der Waals surface area contributed by atoms with Crippen LogP contribution < -0.4 is 5.32 Å². The first-order chi connectivity index (χ1) is 7.74. The molecule has 0 unspecified atom stereocenters. The van der Waals surface area contributed by atoms with Crippen LogP contribution in [0.5, 0.6) is 0 Å². The quantitative estimate of drug-likeness (QED) is 0.746. The van der Waals surface area contributed by atoms with E-state index < -0.39 is 0 Å². The molecule has 1 aromatic carbocycles. The van der Waals surface area contributed by atoms with Gasteiger partial charge in [0.2, 0.25) is 0 Å². The smallest absolute Gasteiger partial charge is 0.124 e. The van der Waals surface area contributed by atoms with Crippen molar-refractivity contribution >= 4 is 11.6 Å². The molecule has 1 rings (SSSR count). The highest BCUT2D eigenvalue weighted by Crippen LogP contribution is 2.18. The summed E-state index contributed by atoms with van der Waals surface area (Å²) in [5, 5.41) is 3.76. The Hall–Kier alpha value is -0.640. The summed E-state index contributed by atoms with van der Waals surface area (Å²) in [5.74, 6) is -0.285. The number of halogens is 2. The van der Waals surface area contributed by atoms with Gasteiger partial charge in [-0.3, -0.25) is 0 Å². The molecule has 4 heteroatoms. The van der Waals surface area contributed by atoms with Crippen LogP contribution in [0.4, 0.5) is 4.39 Å². The predicted molar refractivity (Wildman–Crippen MR) is 64.5 cm³/mol. The monoisotopic (exact) mass is 245 g/mol. The van der Waals surface area contributed by atoms with Gasteiger partial charge >= 0.3 is 0 Å². The molecule has 0 atom stereocenters. The highest BCUT2D eigenvalue weighted by molar-refractivity contribution is 6.31. The van der Waals surface area contributed by atoms with E-state index in [1.807, 2.05) is 0 Å². The molecule has 0 aliphatic heterocycles. The molecule has 1 aromatic rings. The Bertz CT molecular complexity index is 320. The van der Waals surface area contributed by atoms with Crippen LogP contribution in [0, 0.1) is 5.82 Å². The number of hydrogen-bond acceptors (Lipinski definition) is 2. The highest BCUT2D eigenvalue weighted by Gasteiger charge is 2.01. The Balaban J connectivity index is 2.21. The third-order valence-electron chi connectivity index (χ3n) is 2.30. The maximum absolute atomic E-state index is 12.8. The van der Waals surface area contributed by atoms with E-state index in [1.54, 1.807) is 13.2 Å². The Morgan fingerprint density at radius 1 is 1.38 bits per heavy atom. The van der Waals surface area contributed by atoms with Crippen LogP contribution in [0.2, 0.25) is 5.02 Å². The number of benzene rings is 1. The van der Waals surface area contributed by atoms with Gasteiger partial charge in [-0.25, -0.2) is 4.39 Å². The highest BCUT2D eigenvalue weighted by atomic mass is 35.5. The van der Waals surface area contributed by atoms with Gasteiger partial charge in [-0.2, -0.15) is 0 Å². The van der Waals surface area contributed by atoms with E-state index in [9.17, 15) is 4.39 Å². The number of nitrogens with one attached hydrogen (secondary N) is 1. The molecule has 0 heterocycles. The lowest BCUT2D eigenvalue weighted by Crippen LogP contribution is -2.20. The molecule has 0 radical (unpaired) electrons. The fourth-order valence-corrected chi connectivity index (χ4v) is 1.69. The van der Waals surface area contributed by atoms with Gasteiger partial charge in [0.15, 0.2) is 0 Å². The van der Waals surface area contributed by atoms with Gasteiger partial charge in [0, 0.05) is 18.7 Å². The molecule has 16 heavy (non-hydrogen) atoms. The lowest BCUT2D eigenvalue weighted by molar-refractivity contribution is 0.199. The molecule has 0 saturated carbocycles. The summed E-state index contributed by atoms with van der Waals surface area (Å²) < 4.78 is 17.7. The first kappa shape index (κ1) is 13.4. The van der Waals surface area contributed by atoms with Crippen LogP contribution in [-0.4, -0.2) is 26.8 Å². The van der Waals surface area contributed by atoms with Crippen molar-refractivity contribution in [3.8, 4) is 0 Å². The predicted octanol–water partition coefficient (Wildman–Crippen LogP) is 2.65. The van der Waals surface area contributed by atoms with E-state index >= 15 is 0 Å². The van der Waals surface area contributed by atoms with Crippen molar-refractivity contribution in [2.75, 3.05) is 26.8 Å². The lowest BCUT2D eigenvalue weighted by Gasteiger charge is -2.05. The van der Waals surface area contributed by atoms with Gasteiger partial charge in [-0.05, 0) is 37.1 Å². The minimum Gasteiger partial charge on any atom is -0.383 e. The van der Waals surface area contributed by atoms with Crippen LogP contribution in [-0.2, 0) is 11.2 Å². The van der Waals surface area contributed by atoms with Crippen LogP contribution in [0.15, 0.2) is 18.2 Å². The fourth-order valence-electron chi connectivity index (χ4n) is 1.43. The van der Waals surface area contributed by atoms with Gasteiger partial charge < -0.3 is 10.1 Å². The minimum atomic E-state index is -0.285. The molecule has 0 aliphatic rings. The molecule has 2 nitrogen and oxygen atoms in total. The molecule has 1 N–H and O–H groups in total. The Kier molecular flexibility index (Phi) is 6.38. The zero-order valence-corrected chi connectivity index (χ0v) is 10.2. The second-order valence-corrected chi connectivity index (χ2v) is 3.99. The van der Waals surface area contributed by atoms with Crippen molar-refractivity contribution in [2.24, 2.45) is 0 Å². The van der Waals surface area contributed by atoms with Crippen molar-refractivity contribution in [2.45, 2.75) is 12.8 Å². The first-order valence-electron chi connectivity index (χ1n) is 5.37. The van der Waals surface area contributed by atoms with Gasteiger partial charge in [-0.1, -0.05) is 17.7 Å². The third kappa shape index (κ3) is 4.92. The minimum absolute atomic E-state index is 0.285. The molecule has 0 saturated heterocycles. The zero-order valence-electron chi connectivity index (χ0n) is 9.43. The average molecular weight is 246 g/mol. The molecular formula is C12H17ClFNO. The van der Waals surface area contributed by atoms with E-state index in [0.29, 0.717) is 5.02 Å². The maximum Gasteiger partial charge on any atom is 0.124 e. The fraction of sp³-hybridized carbons (Fsp3) is 0.500. The van der Waals surface area contributed by atoms with Gasteiger partial charge in [0.05, 0.1) is 6.61 Å². The van der Waals surface area contributed by atoms with E-state index in [-0.39, 0.29) is 5.82 Å². The van der Waals surface area contributed by atoms with Gasteiger partial charge in [0.1, 0.15) is 5.82 Å². The number of rotatable bonds is 7. The molecule has 90 valence electrons. The Morgan fingerprint density at radius 3 is 2.88 bits per heavy atom. The number of aryl methyl sites for hydroxylation is 1. The largest absolute Gasteiger partial charge is 0.383 e. The summed E-state index contributed by atoms with van der Waals surface area (Å²) in [6, 6.07) is 4.54. The Morgan fingerprint density at radius 2 is 2.19 bits per heavy atom. The standard InChI is InChI=1S/C12H17ClFNO/c1-16-8-7-15-6-2-3-10-4-5-11(14)9-12(10)13/h4-5,9,15H,2-3,6-8H2,1H3. The van der Waals surface area contributed by atoms with Crippen molar-refractivity contribution in [3.63, 3.8) is 0 Å². The van der Waals surface area contributed by atoms with Crippen molar-refractivity contribution in [1.82, 2.24) is 5.32 Å². The normalized spacial score (nSPS) is 10.7. The molecular weight excluding hydrogens is 229 g/mol. The molecule has 0 bridgehead atoms. The first-order valence-corrected chi connectivity index (χ1v) is 5.75. The molecule has 0 amide bonds. The summed E-state index contributed by atoms with van der Waals surface area (Å²) >= 11 is 5.91. The number of ether oxygens (including phenoxy) is 1. The SMILES string of the molecule is COCCNCCCc1ccc(F)cc1Cl. The van der Waals surface area contributed by atoms with Crippen LogP contribution in [0.1, 0.15) is 12.0 Å². The van der Waals surface area contributed by atoms with E-state index in [4.69, 9.17) is 16.3 Å². The molecule has 0 aliphatic carbocycles. The van der Waals surface area contributed by atoms with Gasteiger partial charge in [0.25, 0.3) is 0 Å². The van der Waals surface area contributed by atoms with E-state index in [1.165, 1.54) is 12.1 Å². The summed E-state index contributed by atoms with van der Waals surface area (Å²) in [6.07, 6.45) is 1.84. The molecule has 0 aromatic heterocycles. The van der Waals surface area contributed by atoms with Gasteiger partial charge in [-0.15, -0.1) is 0 Å². The topological polar surface area (TPSA) is 21.3 Å². The second kappa shape index (κ2) is 7.60. The van der Waals surface area contributed by atoms with Crippen molar-refractivity contribution < 1.29 is 9.13 Å². The van der Waals surface area contributed by atoms with E-state index in [2.05, 4.69) is 5.32 Å². The average Bonchev–Trinajstić information content (AvgIpc) is 2.26. The van der Waals surface area contributed by atoms with E-state index in [0.717, 1.165) is 38.1 Å². The zero-order chi connectivity index (χ0) is 11.8.